The summed E-state index contributed by atoms with van der Waals surface area (Å²) in [5.74, 6) is -3.15. The fourth-order valence-electron chi connectivity index (χ4n) is 7.95. The van der Waals surface area contributed by atoms with Crippen LogP contribution in [0.4, 0.5) is 0 Å². The topological polar surface area (TPSA) is 113 Å². The molecule has 0 spiro atoms. The number of nitrogens with one attached hydrogen (secondary N) is 1. The SMILES string of the molecule is C=CCO[C@]1(C)C[C@@H](C)CN[C@H](C)[C@H]2CC(=O)O[C@]2(C)[C@@H](CC)OC(=O)[C@H](C)C(=O)[C@H](C)[C@H]1OC1OC(C)CC(N(C)C)C1C. The third-order valence-electron chi connectivity index (χ3n) is 10.6. The molecule has 0 aromatic rings. The number of ether oxygens (including phenoxy) is 5. The monoisotopic (exact) mass is 636 g/mol. The second-order valence-corrected chi connectivity index (χ2v) is 14.6. The number of rotatable bonds is 7. The first-order chi connectivity index (χ1) is 21.0. The molecule has 0 aromatic heterocycles. The summed E-state index contributed by atoms with van der Waals surface area (Å²) < 4.78 is 31.7. The quantitative estimate of drug-likeness (QED) is 0.243. The Morgan fingerprint density at radius 2 is 1.76 bits per heavy atom. The van der Waals surface area contributed by atoms with E-state index in [2.05, 4.69) is 44.7 Å². The Balaban J connectivity index is 2.07. The Hall–Kier alpha value is -1.85. The standard InChI is InChI=1S/C35H60N2O8/c1-13-15-41-34(9)18-20(3)19-36-25(8)26-17-29(38)45-35(26,10)28(14-2)43-32(40)24(7)30(39)23(6)31(34)44-33-22(5)27(37(11)12)16-21(4)42-33/h13,20-28,31,33,36H,1,14-19H2,2-12H3/t20-,21?,22?,23+,24-,25-,26-,27?,28-,31-,33?,34-,35+/m1/s1. The molecule has 13 atom stereocenters. The predicted molar refractivity (Wildman–Crippen MR) is 172 cm³/mol. The van der Waals surface area contributed by atoms with Gasteiger partial charge in [-0.15, -0.1) is 6.58 Å². The van der Waals surface area contributed by atoms with Gasteiger partial charge in [-0.2, -0.15) is 0 Å². The van der Waals surface area contributed by atoms with Gasteiger partial charge in [0.2, 0.25) is 0 Å². The summed E-state index contributed by atoms with van der Waals surface area (Å²) in [6.45, 7) is 22.2. The van der Waals surface area contributed by atoms with Crippen LogP contribution in [0.3, 0.4) is 0 Å². The number of Topliss-reactive ketones (excluding diaryl/α,β-unsaturated/α-hetero) is 1. The molecule has 3 fully saturated rings. The highest BCUT2D eigenvalue weighted by Gasteiger charge is 2.55. The summed E-state index contributed by atoms with van der Waals surface area (Å²) in [6, 6.07) is 0.125. The van der Waals surface area contributed by atoms with Gasteiger partial charge in [-0.1, -0.05) is 33.8 Å². The van der Waals surface area contributed by atoms with Crippen molar-refractivity contribution in [3.05, 3.63) is 12.7 Å². The summed E-state index contributed by atoms with van der Waals surface area (Å²) in [5, 5.41) is 3.64. The lowest BCUT2D eigenvalue weighted by Gasteiger charge is -2.47. The van der Waals surface area contributed by atoms with Crippen LogP contribution in [0, 0.1) is 29.6 Å². The van der Waals surface area contributed by atoms with Crippen LogP contribution in [0.25, 0.3) is 0 Å². The number of cyclic esters (lactones) is 1. The second-order valence-electron chi connectivity index (χ2n) is 14.6. The van der Waals surface area contributed by atoms with Crippen molar-refractivity contribution in [1.29, 1.82) is 0 Å². The van der Waals surface area contributed by atoms with Crippen LogP contribution in [-0.2, 0) is 38.1 Å². The van der Waals surface area contributed by atoms with Crippen molar-refractivity contribution in [1.82, 2.24) is 10.2 Å². The third-order valence-corrected chi connectivity index (χ3v) is 10.6. The number of nitrogens with zero attached hydrogens (tertiary/aromatic N) is 1. The number of fused-ring (bicyclic) bond motifs is 1. The molecule has 3 saturated heterocycles. The Kier molecular flexibility index (Phi) is 12.8. The van der Waals surface area contributed by atoms with Gasteiger partial charge >= 0.3 is 11.9 Å². The first-order valence-corrected chi connectivity index (χ1v) is 16.9. The number of esters is 2. The van der Waals surface area contributed by atoms with Gasteiger partial charge < -0.3 is 33.9 Å². The van der Waals surface area contributed by atoms with E-state index in [9.17, 15) is 14.4 Å². The van der Waals surface area contributed by atoms with Gasteiger partial charge in [0, 0.05) is 29.8 Å². The molecule has 0 aliphatic carbocycles. The molecule has 10 heteroatoms. The van der Waals surface area contributed by atoms with Crippen LogP contribution in [-0.4, -0.2) is 97.8 Å². The zero-order valence-electron chi connectivity index (χ0n) is 29.6. The molecule has 1 N–H and O–H groups in total. The van der Waals surface area contributed by atoms with E-state index in [-0.39, 0.29) is 60.7 Å². The molecule has 4 unspecified atom stereocenters. The van der Waals surface area contributed by atoms with E-state index in [1.54, 1.807) is 13.0 Å². The molecule has 3 rings (SSSR count). The molecule has 258 valence electrons. The summed E-state index contributed by atoms with van der Waals surface area (Å²) >= 11 is 0. The van der Waals surface area contributed by atoms with Crippen molar-refractivity contribution in [2.75, 3.05) is 27.2 Å². The van der Waals surface area contributed by atoms with Crippen LogP contribution in [0.2, 0.25) is 0 Å². The van der Waals surface area contributed by atoms with Gasteiger partial charge in [-0.25, -0.2) is 0 Å². The Bertz CT molecular complexity index is 1050. The van der Waals surface area contributed by atoms with Crippen molar-refractivity contribution in [3.8, 4) is 0 Å². The van der Waals surface area contributed by atoms with Crippen molar-refractivity contribution < 1.29 is 38.1 Å². The average molecular weight is 637 g/mol. The van der Waals surface area contributed by atoms with E-state index in [0.717, 1.165) is 6.42 Å². The molecule has 0 radical (unpaired) electrons. The molecule has 0 bridgehead atoms. The molecule has 0 aromatic carbocycles. The van der Waals surface area contributed by atoms with E-state index >= 15 is 0 Å². The molecule has 0 saturated carbocycles. The van der Waals surface area contributed by atoms with E-state index in [0.29, 0.717) is 19.4 Å². The fraction of sp³-hybridized carbons (Fsp3) is 0.857. The Morgan fingerprint density at radius 1 is 1.09 bits per heavy atom. The molecular formula is C35H60N2O8. The zero-order valence-corrected chi connectivity index (χ0v) is 29.6. The van der Waals surface area contributed by atoms with Gasteiger partial charge in [0.05, 0.1) is 30.8 Å². The van der Waals surface area contributed by atoms with Gasteiger partial charge in [0.1, 0.15) is 12.0 Å². The maximum absolute atomic E-state index is 14.2. The van der Waals surface area contributed by atoms with Gasteiger partial charge in [-0.05, 0) is 80.4 Å². The van der Waals surface area contributed by atoms with E-state index < -0.39 is 47.5 Å². The van der Waals surface area contributed by atoms with Crippen LogP contribution < -0.4 is 5.32 Å². The van der Waals surface area contributed by atoms with E-state index in [1.807, 2.05) is 41.5 Å². The minimum Gasteiger partial charge on any atom is -0.458 e. The smallest absolute Gasteiger partial charge is 0.316 e. The van der Waals surface area contributed by atoms with Crippen molar-refractivity contribution >= 4 is 17.7 Å². The lowest BCUT2D eigenvalue weighted by atomic mass is 9.78. The summed E-state index contributed by atoms with van der Waals surface area (Å²) in [4.78, 5) is 42.7. The molecule has 45 heavy (non-hydrogen) atoms. The van der Waals surface area contributed by atoms with Crippen molar-refractivity contribution in [3.63, 3.8) is 0 Å². The molecule has 3 aliphatic rings. The predicted octanol–water partition coefficient (Wildman–Crippen LogP) is 4.54. The van der Waals surface area contributed by atoms with Gasteiger partial charge in [0.25, 0.3) is 0 Å². The van der Waals surface area contributed by atoms with Crippen LogP contribution >= 0.6 is 0 Å². The second kappa shape index (κ2) is 15.4. The number of hydrogen-bond donors (Lipinski definition) is 1. The highest BCUT2D eigenvalue weighted by molar-refractivity contribution is 6.00. The number of ketones is 1. The molecule has 3 aliphatic heterocycles. The highest BCUT2D eigenvalue weighted by Crippen LogP contribution is 2.42. The Morgan fingerprint density at radius 3 is 2.36 bits per heavy atom. The first-order valence-electron chi connectivity index (χ1n) is 16.9. The summed E-state index contributed by atoms with van der Waals surface area (Å²) in [6.07, 6.45) is 1.74. The van der Waals surface area contributed by atoms with E-state index in [4.69, 9.17) is 23.7 Å². The van der Waals surface area contributed by atoms with E-state index in [1.165, 1.54) is 0 Å². The van der Waals surface area contributed by atoms with Gasteiger partial charge in [-0.3, -0.25) is 14.4 Å². The van der Waals surface area contributed by atoms with Gasteiger partial charge in [0.15, 0.2) is 17.7 Å². The molecular weight excluding hydrogens is 576 g/mol. The average Bonchev–Trinajstić information content (AvgIpc) is 3.30. The molecule has 10 nitrogen and oxygen atoms in total. The number of carbonyl (C=O) groups is 3. The lowest BCUT2D eigenvalue weighted by molar-refractivity contribution is -0.282. The van der Waals surface area contributed by atoms with Crippen LogP contribution in [0.5, 0.6) is 0 Å². The van der Waals surface area contributed by atoms with Crippen LogP contribution in [0.15, 0.2) is 12.7 Å². The minimum absolute atomic E-state index is 0.0225. The zero-order chi connectivity index (χ0) is 33.9. The van der Waals surface area contributed by atoms with Crippen molar-refractivity contribution in [2.24, 2.45) is 29.6 Å². The fourth-order valence-corrected chi connectivity index (χ4v) is 7.95. The lowest BCUT2D eigenvalue weighted by Crippen LogP contribution is -2.57. The third kappa shape index (κ3) is 8.36. The molecule has 0 amide bonds. The molecule has 3 heterocycles. The normalized spacial score (nSPS) is 44.0. The first kappa shape index (κ1) is 37.6. The summed E-state index contributed by atoms with van der Waals surface area (Å²) in [5.41, 5.74) is -1.95. The largest absolute Gasteiger partial charge is 0.458 e. The minimum atomic E-state index is -1.07. The maximum atomic E-state index is 14.2. The maximum Gasteiger partial charge on any atom is 0.316 e. The number of carbonyl (C=O) groups excluding carboxylic acids is 3. The highest BCUT2D eigenvalue weighted by atomic mass is 16.7. The summed E-state index contributed by atoms with van der Waals surface area (Å²) in [7, 11) is 4.12. The van der Waals surface area contributed by atoms with Crippen LogP contribution in [0.1, 0.15) is 88.0 Å². The Labute approximate surface area is 271 Å². The number of hydrogen-bond acceptors (Lipinski definition) is 10. The van der Waals surface area contributed by atoms with Crippen molar-refractivity contribution in [2.45, 2.75) is 136 Å².